The van der Waals surface area contributed by atoms with Crippen molar-refractivity contribution < 1.29 is 23.9 Å². The Morgan fingerprint density at radius 1 is 1.11 bits per heavy atom. The molecule has 0 radical (unpaired) electrons. The molecule has 1 heterocycles. The molecule has 0 aromatic heterocycles. The van der Waals surface area contributed by atoms with Gasteiger partial charge in [0.05, 0.1) is 25.4 Å². The number of amides is 1. The summed E-state index contributed by atoms with van der Waals surface area (Å²) in [6.07, 6.45) is 10.1. The Hall–Kier alpha value is -2.46. The summed E-state index contributed by atoms with van der Waals surface area (Å²) in [4.78, 5) is 41.1. The third-order valence-corrected chi connectivity index (χ3v) is 13.1. The average Bonchev–Trinajstić information content (AvgIpc) is 2.96. The molecule has 4 aliphatic rings. The number of hydrogen-bond donors (Lipinski definition) is 0. The Morgan fingerprint density at radius 2 is 1.76 bits per heavy atom. The summed E-state index contributed by atoms with van der Waals surface area (Å²) >= 11 is 0. The van der Waals surface area contributed by atoms with Crippen LogP contribution in [0.2, 0.25) is 0 Å². The molecule has 3 fully saturated rings. The van der Waals surface area contributed by atoms with E-state index >= 15 is 0 Å². The third-order valence-electron chi connectivity index (χ3n) is 13.1. The number of rotatable bonds is 7. The molecule has 4 rings (SSSR count). The van der Waals surface area contributed by atoms with Crippen LogP contribution in [0.3, 0.4) is 0 Å². The molecular weight excluding hydrogens is 564 g/mol. The van der Waals surface area contributed by atoms with Crippen molar-refractivity contribution in [3.05, 3.63) is 23.3 Å². The van der Waals surface area contributed by atoms with Crippen molar-refractivity contribution in [3.8, 4) is 6.07 Å². The maximum absolute atomic E-state index is 13.3. The number of nitriles is 1. The minimum absolute atomic E-state index is 0.00406. The molecule has 250 valence electrons. The first-order valence-electron chi connectivity index (χ1n) is 17.2. The van der Waals surface area contributed by atoms with E-state index in [2.05, 4.69) is 54.5 Å². The first-order valence-corrected chi connectivity index (χ1v) is 17.2. The Labute approximate surface area is 272 Å². The molecule has 0 spiro atoms. The van der Waals surface area contributed by atoms with E-state index in [1.165, 1.54) is 0 Å². The predicted molar refractivity (Wildman–Crippen MR) is 176 cm³/mol. The van der Waals surface area contributed by atoms with Gasteiger partial charge in [-0.3, -0.25) is 9.59 Å². The molecule has 7 heteroatoms. The molecule has 5 atom stereocenters. The summed E-state index contributed by atoms with van der Waals surface area (Å²) < 4.78 is 11.6. The van der Waals surface area contributed by atoms with Gasteiger partial charge in [-0.05, 0) is 86.0 Å². The van der Waals surface area contributed by atoms with Crippen molar-refractivity contribution in [2.24, 2.45) is 44.3 Å². The summed E-state index contributed by atoms with van der Waals surface area (Å²) in [7, 11) is 0. The van der Waals surface area contributed by atoms with Gasteiger partial charge in [-0.1, -0.05) is 74.0 Å². The Morgan fingerprint density at radius 3 is 2.33 bits per heavy atom. The van der Waals surface area contributed by atoms with Crippen molar-refractivity contribution in [2.75, 3.05) is 32.9 Å². The molecular formula is C38H58N2O5. The molecule has 0 bridgehead atoms. The van der Waals surface area contributed by atoms with Crippen molar-refractivity contribution in [3.63, 3.8) is 0 Å². The van der Waals surface area contributed by atoms with E-state index in [1.54, 1.807) is 11.8 Å². The van der Waals surface area contributed by atoms with E-state index < -0.39 is 10.8 Å². The van der Waals surface area contributed by atoms with Gasteiger partial charge in [-0.15, -0.1) is 0 Å². The summed E-state index contributed by atoms with van der Waals surface area (Å²) in [5.41, 5.74) is -0.496. The molecule has 0 N–H and O–H groups in total. The molecule has 3 aliphatic carbocycles. The SMILES string of the molecule is CC(=O)/C=C1/[C@@]2(C)C=C(C#N)C(=O)C(C)(C)[C@@H]2CC[C@@]1(C)C(C)(C)CC[C@@]1(COC(=O)N2CCOCC2)CCC(C)(C)CC1C. The molecule has 1 unspecified atom stereocenters. The first-order chi connectivity index (χ1) is 20.7. The van der Waals surface area contributed by atoms with E-state index in [9.17, 15) is 19.6 Å². The lowest BCUT2D eigenvalue weighted by molar-refractivity contribution is -0.131. The second-order valence-corrected chi connectivity index (χ2v) is 17.3. The fraction of sp³-hybridized carbons (Fsp3) is 0.789. The molecule has 45 heavy (non-hydrogen) atoms. The van der Waals surface area contributed by atoms with Crippen LogP contribution >= 0.6 is 0 Å². The number of morpholine rings is 1. The fourth-order valence-electron chi connectivity index (χ4n) is 9.63. The number of fused-ring (bicyclic) bond motifs is 1. The van der Waals surface area contributed by atoms with Gasteiger partial charge < -0.3 is 14.4 Å². The number of allylic oxidation sites excluding steroid dienone is 4. The van der Waals surface area contributed by atoms with E-state index in [0.717, 1.165) is 50.5 Å². The molecule has 7 nitrogen and oxygen atoms in total. The topological polar surface area (TPSA) is 96.7 Å². The van der Waals surface area contributed by atoms with Crippen molar-refractivity contribution >= 4 is 17.7 Å². The van der Waals surface area contributed by atoms with Crippen LogP contribution in [0.5, 0.6) is 0 Å². The fourth-order valence-corrected chi connectivity index (χ4v) is 9.63. The summed E-state index contributed by atoms with van der Waals surface area (Å²) in [6, 6.07) is 2.19. The van der Waals surface area contributed by atoms with Crippen LogP contribution in [0.4, 0.5) is 4.79 Å². The van der Waals surface area contributed by atoms with Gasteiger partial charge in [0.25, 0.3) is 0 Å². The van der Waals surface area contributed by atoms with Gasteiger partial charge in [0.2, 0.25) is 0 Å². The van der Waals surface area contributed by atoms with Crippen LogP contribution in [0.1, 0.15) is 114 Å². The predicted octanol–water partition coefficient (Wildman–Crippen LogP) is 8.09. The first kappa shape index (κ1) is 35.4. The average molecular weight is 623 g/mol. The van der Waals surface area contributed by atoms with Crippen LogP contribution in [0.15, 0.2) is 23.3 Å². The molecule has 0 aromatic rings. The third kappa shape index (κ3) is 6.42. The monoisotopic (exact) mass is 622 g/mol. The van der Waals surface area contributed by atoms with Crippen LogP contribution in [-0.2, 0) is 19.1 Å². The van der Waals surface area contributed by atoms with Crippen LogP contribution in [-0.4, -0.2) is 55.5 Å². The number of nitrogens with zero attached hydrogens (tertiary/aromatic N) is 2. The summed E-state index contributed by atoms with van der Waals surface area (Å²) in [5.74, 6) is 0.273. The Balaban J connectivity index is 1.67. The van der Waals surface area contributed by atoms with Gasteiger partial charge >= 0.3 is 6.09 Å². The highest BCUT2D eigenvalue weighted by atomic mass is 16.6. The van der Waals surface area contributed by atoms with E-state index in [0.29, 0.717) is 38.8 Å². The smallest absolute Gasteiger partial charge is 0.409 e. The number of carbonyl (C=O) groups is 3. The maximum atomic E-state index is 13.3. The second kappa shape index (κ2) is 12.3. The molecule has 1 saturated heterocycles. The lowest BCUT2D eigenvalue weighted by Gasteiger charge is -2.61. The summed E-state index contributed by atoms with van der Waals surface area (Å²) in [6.45, 7) is 24.3. The minimum Gasteiger partial charge on any atom is -0.449 e. The van der Waals surface area contributed by atoms with E-state index in [4.69, 9.17) is 9.47 Å². The maximum Gasteiger partial charge on any atom is 0.409 e. The van der Waals surface area contributed by atoms with Crippen LogP contribution in [0, 0.1) is 55.7 Å². The standard InChI is InChI=1S/C38H58N2O5/c1-26-22-33(3,4)13-15-38(26,25-45-32(43)40-17-19-44-20-18-40)16-14-34(5,6)37(10)12-11-29-35(7,8)31(42)28(24-39)23-36(29,9)30(37)21-27(2)41/h21,23,26,29H,11-20,22,25H2,1-10H3/b30-21-/t26?,29-,36-,37+,38+/m0/s1. The highest BCUT2D eigenvalue weighted by molar-refractivity contribution is 6.04. The van der Waals surface area contributed by atoms with Crippen LogP contribution in [0.25, 0.3) is 0 Å². The van der Waals surface area contributed by atoms with Gasteiger partial charge in [-0.25, -0.2) is 4.79 Å². The molecule has 0 aromatic carbocycles. The zero-order valence-corrected chi connectivity index (χ0v) is 29.7. The quantitative estimate of drug-likeness (QED) is 0.266. The Kier molecular flexibility index (Phi) is 9.66. The number of ketones is 2. The molecule has 1 aliphatic heterocycles. The lowest BCUT2D eigenvalue weighted by atomic mass is 9.42. The highest BCUT2D eigenvalue weighted by Gasteiger charge is 2.61. The second-order valence-electron chi connectivity index (χ2n) is 17.3. The van der Waals surface area contributed by atoms with Crippen molar-refractivity contribution in [2.45, 2.75) is 114 Å². The van der Waals surface area contributed by atoms with Gasteiger partial charge in [0, 0.05) is 29.3 Å². The Bertz CT molecular complexity index is 1300. The number of Topliss-reactive ketones (excluding diaryl/α,β-unsaturated/α-hetero) is 1. The van der Waals surface area contributed by atoms with Gasteiger partial charge in [0.15, 0.2) is 11.6 Å². The van der Waals surface area contributed by atoms with Crippen molar-refractivity contribution in [1.29, 1.82) is 5.26 Å². The van der Waals surface area contributed by atoms with Gasteiger partial charge in [0.1, 0.15) is 6.07 Å². The largest absolute Gasteiger partial charge is 0.449 e. The zero-order valence-electron chi connectivity index (χ0n) is 29.7. The summed E-state index contributed by atoms with van der Waals surface area (Å²) in [5, 5.41) is 9.98. The number of carbonyl (C=O) groups excluding carboxylic acids is 3. The number of ether oxygens (including phenoxy) is 2. The zero-order chi connectivity index (χ0) is 33.6. The minimum atomic E-state index is -0.700. The van der Waals surface area contributed by atoms with Crippen LogP contribution < -0.4 is 0 Å². The molecule has 1 amide bonds. The van der Waals surface area contributed by atoms with E-state index in [-0.39, 0.29) is 50.8 Å². The number of hydrogen-bond acceptors (Lipinski definition) is 6. The molecule has 2 saturated carbocycles. The van der Waals surface area contributed by atoms with E-state index in [1.807, 2.05) is 26.0 Å². The highest BCUT2D eigenvalue weighted by Crippen LogP contribution is 2.67. The van der Waals surface area contributed by atoms with Gasteiger partial charge in [-0.2, -0.15) is 5.26 Å². The normalized spacial score (nSPS) is 35.7. The van der Waals surface area contributed by atoms with Crippen molar-refractivity contribution in [1.82, 2.24) is 4.90 Å². The lowest BCUT2D eigenvalue weighted by Crippen LogP contribution is -2.56.